The normalized spacial score (nSPS) is 10.4. The van der Waals surface area contributed by atoms with Crippen molar-refractivity contribution in [3.63, 3.8) is 0 Å². The maximum Gasteiger partial charge on any atom is 0.0526 e. The molecule has 2 rings (SSSR count). The zero-order chi connectivity index (χ0) is 13.5. The minimum absolute atomic E-state index is 0.907. The zero-order valence-corrected chi connectivity index (χ0v) is 12.3. The van der Waals surface area contributed by atoms with E-state index < -0.39 is 0 Å². The average molecular weight is 272 g/mol. The lowest BCUT2D eigenvalue weighted by Crippen LogP contribution is -2.00. The monoisotopic (exact) mass is 272 g/mol. The first kappa shape index (κ1) is 13.9. The van der Waals surface area contributed by atoms with Crippen molar-refractivity contribution >= 4 is 17.4 Å². The van der Waals surface area contributed by atoms with Crippen LogP contribution in [0.1, 0.15) is 24.6 Å². The Hall–Kier alpha value is -1.48. The second-order valence-electron chi connectivity index (χ2n) is 4.56. The van der Waals surface area contributed by atoms with Crippen molar-refractivity contribution in [2.75, 3.05) is 11.9 Å². The fourth-order valence-corrected chi connectivity index (χ4v) is 2.53. The van der Waals surface area contributed by atoms with Gasteiger partial charge >= 0.3 is 0 Å². The van der Waals surface area contributed by atoms with Crippen LogP contribution in [-0.4, -0.2) is 11.5 Å². The van der Waals surface area contributed by atoms with E-state index in [-0.39, 0.29) is 0 Å². The second-order valence-corrected chi connectivity index (χ2v) is 5.61. The largest absolute Gasteiger partial charge is 0.385 e. The Morgan fingerprint density at radius 1 is 1.16 bits per heavy atom. The Labute approximate surface area is 119 Å². The molecule has 1 N–H and O–H groups in total. The zero-order valence-electron chi connectivity index (χ0n) is 11.5. The van der Waals surface area contributed by atoms with Crippen molar-refractivity contribution in [2.24, 2.45) is 0 Å². The number of aromatic nitrogens is 1. The summed E-state index contributed by atoms with van der Waals surface area (Å²) in [5, 5.41) is 3.39. The van der Waals surface area contributed by atoms with Gasteiger partial charge in [0.25, 0.3) is 0 Å². The SMILES string of the molecule is CCCNc1ccnc(CSc2ccc(C)cc2)c1. The molecule has 100 valence electrons. The number of anilines is 1. The Morgan fingerprint density at radius 2 is 1.95 bits per heavy atom. The van der Waals surface area contributed by atoms with Crippen molar-refractivity contribution in [1.82, 2.24) is 4.98 Å². The maximum atomic E-state index is 4.42. The van der Waals surface area contributed by atoms with E-state index in [0.717, 1.165) is 30.1 Å². The van der Waals surface area contributed by atoms with Crippen molar-refractivity contribution in [3.05, 3.63) is 53.9 Å². The van der Waals surface area contributed by atoms with E-state index in [9.17, 15) is 0 Å². The predicted octanol–water partition coefficient (Wildman–Crippen LogP) is 4.50. The van der Waals surface area contributed by atoms with Gasteiger partial charge in [-0.1, -0.05) is 24.6 Å². The summed E-state index contributed by atoms with van der Waals surface area (Å²) in [6.45, 7) is 5.29. The molecule has 0 aliphatic carbocycles. The number of hydrogen-bond acceptors (Lipinski definition) is 3. The van der Waals surface area contributed by atoms with Crippen LogP contribution in [-0.2, 0) is 5.75 Å². The molecule has 1 aromatic carbocycles. The third kappa shape index (κ3) is 4.60. The number of aryl methyl sites for hydroxylation is 1. The third-order valence-electron chi connectivity index (χ3n) is 2.80. The summed E-state index contributed by atoms with van der Waals surface area (Å²) in [6, 6.07) is 12.8. The summed E-state index contributed by atoms with van der Waals surface area (Å²) < 4.78 is 0. The van der Waals surface area contributed by atoms with Gasteiger partial charge in [0, 0.05) is 29.1 Å². The van der Waals surface area contributed by atoms with Gasteiger partial charge < -0.3 is 5.32 Å². The van der Waals surface area contributed by atoms with E-state index in [1.165, 1.54) is 10.5 Å². The fourth-order valence-electron chi connectivity index (χ4n) is 1.73. The highest BCUT2D eigenvalue weighted by atomic mass is 32.2. The molecule has 0 fully saturated rings. The molecule has 1 heterocycles. The van der Waals surface area contributed by atoms with Crippen LogP contribution in [0.3, 0.4) is 0 Å². The molecular weight excluding hydrogens is 252 g/mol. The van der Waals surface area contributed by atoms with Gasteiger partial charge in [0.15, 0.2) is 0 Å². The Morgan fingerprint density at radius 3 is 2.68 bits per heavy atom. The summed E-state index contributed by atoms with van der Waals surface area (Å²) in [7, 11) is 0. The summed E-state index contributed by atoms with van der Waals surface area (Å²) in [4.78, 5) is 5.71. The van der Waals surface area contributed by atoms with Crippen molar-refractivity contribution < 1.29 is 0 Å². The van der Waals surface area contributed by atoms with Gasteiger partial charge in [-0.3, -0.25) is 4.98 Å². The van der Waals surface area contributed by atoms with E-state index in [0.29, 0.717) is 0 Å². The number of thioether (sulfide) groups is 1. The first-order valence-electron chi connectivity index (χ1n) is 6.66. The van der Waals surface area contributed by atoms with Crippen LogP contribution < -0.4 is 5.32 Å². The predicted molar refractivity (Wildman–Crippen MR) is 83.8 cm³/mol. The van der Waals surface area contributed by atoms with Crippen LogP contribution in [0.5, 0.6) is 0 Å². The lowest BCUT2D eigenvalue weighted by molar-refractivity contribution is 0.977. The number of benzene rings is 1. The molecule has 0 saturated carbocycles. The molecule has 19 heavy (non-hydrogen) atoms. The highest BCUT2D eigenvalue weighted by molar-refractivity contribution is 7.98. The Kier molecular flexibility index (Phi) is 5.28. The van der Waals surface area contributed by atoms with Gasteiger partial charge in [-0.15, -0.1) is 11.8 Å². The van der Waals surface area contributed by atoms with Gasteiger partial charge in [-0.2, -0.15) is 0 Å². The van der Waals surface area contributed by atoms with E-state index in [1.807, 2.05) is 24.0 Å². The first-order valence-corrected chi connectivity index (χ1v) is 7.65. The van der Waals surface area contributed by atoms with E-state index in [4.69, 9.17) is 0 Å². The molecule has 2 nitrogen and oxygen atoms in total. The summed E-state index contributed by atoms with van der Waals surface area (Å²) in [6.07, 6.45) is 3.01. The topological polar surface area (TPSA) is 24.9 Å². The standard InChI is InChI=1S/C16H20N2S/c1-3-9-17-14-8-10-18-15(11-14)12-19-16-6-4-13(2)5-7-16/h4-8,10-11H,3,9,12H2,1-2H3,(H,17,18). The van der Waals surface area contributed by atoms with Gasteiger partial charge in [-0.05, 0) is 37.6 Å². The van der Waals surface area contributed by atoms with Crippen LogP contribution in [0.4, 0.5) is 5.69 Å². The Bertz CT molecular complexity index is 508. The first-order chi connectivity index (χ1) is 9.28. The summed E-state index contributed by atoms with van der Waals surface area (Å²) >= 11 is 1.82. The Balaban J connectivity index is 1.93. The second kappa shape index (κ2) is 7.19. The minimum atomic E-state index is 0.907. The number of rotatable bonds is 6. The van der Waals surface area contributed by atoms with Crippen LogP contribution in [0.25, 0.3) is 0 Å². The highest BCUT2D eigenvalue weighted by Gasteiger charge is 1.99. The van der Waals surface area contributed by atoms with Crippen LogP contribution >= 0.6 is 11.8 Å². The number of nitrogens with one attached hydrogen (secondary N) is 1. The lowest BCUT2D eigenvalue weighted by atomic mass is 10.2. The van der Waals surface area contributed by atoms with Crippen LogP contribution in [0, 0.1) is 6.92 Å². The third-order valence-corrected chi connectivity index (χ3v) is 3.85. The molecule has 0 amide bonds. The maximum absolute atomic E-state index is 4.42. The molecule has 0 bridgehead atoms. The van der Waals surface area contributed by atoms with E-state index >= 15 is 0 Å². The molecule has 0 unspecified atom stereocenters. The van der Waals surface area contributed by atoms with Gasteiger partial charge in [-0.25, -0.2) is 0 Å². The molecule has 0 saturated heterocycles. The minimum Gasteiger partial charge on any atom is -0.385 e. The smallest absolute Gasteiger partial charge is 0.0526 e. The molecule has 3 heteroatoms. The van der Waals surface area contributed by atoms with Crippen molar-refractivity contribution in [1.29, 1.82) is 0 Å². The molecule has 0 radical (unpaired) electrons. The summed E-state index contributed by atoms with van der Waals surface area (Å²) in [5.41, 5.74) is 3.58. The molecule has 2 aromatic rings. The summed E-state index contributed by atoms with van der Waals surface area (Å²) in [5.74, 6) is 0.907. The number of pyridine rings is 1. The van der Waals surface area contributed by atoms with Crippen LogP contribution in [0.2, 0.25) is 0 Å². The van der Waals surface area contributed by atoms with Gasteiger partial charge in [0.05, 0.1) is 5.69 Å². The van der Waals surface area contributed by atoms with Gasteiger partial charge in [0.1, 0.15) is 0 Å². The van der Waals surface area contributed by atoms with Crippen molar-refractivity contribution in [2.45, 2.75) is 30.9 Å². The van der Waals surface area contributed by atoms with E-state index in [2.05, 4.69) is 54.5 Å². The number of hydrogen-bond donors (Lipinski definition) is 1. The van der Waals surface area contributed by atoms with Crippen molar-refractivity contribution in [3.8, 4) is 0 Å². The van der Waals surface area contributed by atoms with E-state index in [1.54, 1.807) is 0 Å². The molecule has 0 spiro atoms. The molecule has 1 aromatic heterocycles. The van der Waals surface area contributed by atoms with Crippen LogP contribution in [0.15, 0.2) is 47.5 Å². The highest BCUT2D eigenvalue weighted by Crippen LogP contribution is 2.23. The molecule has 0 atom stereocenters. The fraction of sp³-hybridized carbons (Fsp3) is 0.312. The molecule has 0 aliphatic heterocycles. The molecular formula is C16H20N2S. The van der Waals surface area contributed by atoms with Gasteiger partial charge in [0.2, 0.25) is 0 Å². The lowest BCUT2D eigenvalue weighted by Gasteiger charge is -2.07. The molecule has 0 aliphatic rings. The number of nitrogens with zero attached hydrogens (tertiary/aromatic N) is 1. The average Bonchev–Trinajstić information content (AvgIpc) is 2.45. The quantitative estimate of drug-likeness (QED) is 0.783.